The van der Waals surface area contributed by atoms with E-state index in [0.29, 0.717) is 5.70 Å². The van der Waals surface area contributed by atoms with E-state index in [4.69, 9.17) is 0 Å². The Bertz CT molecular complexity index is 594. The molecule has 0 atom stereocenters. The molecule has 2 rings (SSSR count). The standard InChI is InChI=1S/C15H16N2O/c1-11-10-17(13(3)16-11)15(12(2)18)9-14-7-5-4-6-8-14/h4-10H,1-3H3/b15-9-. The number of rotatable bonds is 3. The molecule has 2 aromatic rings. The highest BCUT2D eigenvalue weighted by atomic mass is 16.1. The van der Waals surface area contributed by atoms with Gasteiger partial charge in [0.2, 0.25) is 0 Å². The highest BCUT2D eigenvalue weighted by Crippen LogP contribution is 2.15. The summed E-state index contributed by atoms with van der Waals surface area (Å²) in [5, 5.41) is 0. The maximum atomic E-state index is 11.8. The van der Waals surface area contributed by atoms with Gasteiger partial charge in [-0.15, -0.1) is 0 Å². The second-order valence-corrected chi connectivity index (χ2v) is 4.30. The number of hydrogen-bond donors (Lipinski definition) is 0. The Morgan fingerprint density at radius 1 is 1.22 bits per heavy atom. The van der Waals surface area contributed by atoms with Gasteiger partial charge in [-0.2, -0.15) is 0 Å². The summed E-state index contributed by atoms with van der Waals surface area (Å²) < 4.78 is 1.84. The van der Waals surface area contributed by atoms with Gasteiger partial charge in [0.05, 0.1) is 11.4 Å². The predicted octanol–water partition coefficient (Wildman–Crippen LogP) is 3.09. The molecule has 0 aliphatic heterocycles. The van der Waals surface area contributed by atoms with Crippen molar-refractivity contribution in [3.05, 3.63) is 53.6 Å². The van der Waals surface area contributed by atoms with E-state index in [1.165, 1.54) is 0 Å². The molecule has 1 aromatic heterocycles. The van der Waals surface area contributed by atoms with Crippen molar-refractivity contribution in [3.8, 4) is 0 Å². The smallest absolute Gasteiger partial charge is 0.176 e. The van der Waals surface area contributed by atoms with Crippen LogP contribution in [-0.4, -0.2) is 15.3 Å². The largest absolute Gasteiger partial charge is 0.300 e. The molecule has 0 aliphatic carbocycles. The number of benzene rings is 1. The molecule has 18 heavy (non-hydrogen) atoms. The molecule has 0 radical (unpaired) electrons. The van der Waals surface area contributed by atoms with E-state index >= 15 is 0 Å². The van der Waals surface area contributed by atoms with Crippen molar-refractivity contribution >= 4 is 17.6 Å². The van der Waals surface area contributed by atoms with Crippen LogP contribution in [0, 0.1) is 13.8 Å². The minimum Gasteiger partial charge on any atom is -0.300 e. The SMILES string of the molecule is CC(=O)/C(=C/c1ccccc1)n1cc(C)nc1C. The number of ketones is 1. The first-order chi connectivity index (χ1) is 8.58. The predicted molar refractivity (Wildman–Crippen MR) is 73.0 cm³/mol. The molecule has 3 nitrogen and oxygen atoms in total. The lowest BCUT2D eigenvalue weighted by atomic mass is 10.1. The first-order valence-electron chi connectivity index (χ1n) is 5.88. The van der Waals surface area contributed by atoms with Crippen LogP contribution < -0.4 is 0 Å². The van der Waals surface area contributed by atoms with E-state index in [2.05, 4.69) is 4.98 Å². The average Bonchev–Trinajstić information content (AvgIpc) is 2.66. The van der Waals surface area contributed by atoms with Gasteiger partial charge in [0, 0.05) is 13.1 Å². The lowest BCUT2D eigenvalue weighted by Crippen LogP contribution is -2.06. The molecule has 0 spiro atoms. The minimum atomic E-state index is 0.0272. The number of carbonyl (C=O) groups excluding carboxylic acids is 1. The number of Topliss-reactive ketones (excluding diaryl/α,β-unsaturated/α-hetero) is 1. The van der Waals surface area contributed by atoms with Gasteiger partial charge in [-0.1, -0.05) is 30.3 Å². The van der Waals surface area contributed by atoms with Crippen LogP contribution in [0.25, 0.3) is 11.8 Å². The average molecular weight is 240 g/mol. The zero-order valence-corrected chi connectivity index (χ0v) is 10.8. The second kappa shape index (κ2) is 5.00. The fraction of sp³-hybridized carbons (Fsp3) is 0.200. The fourth-order valence-electron chi connectivity index (χ4n) is 1.91. The monoisotopic (exact) mass is 240 g/mol. The summed E-state index contributed by atoms with van der Waals surface area (Å²) in [6.07, 6.45) is 3.77. The van der Waals surface area contributed by atoms with Gasteiger partial charge in [-0.05, 0) is 25.5 Å². The molecule has 3 heteroatoms. The lowest BCUT2D eigenvalue weighted by molar-refractivity contribution is -0.112. The van der Waals surface area contributed by atoms with E-state index in [1.54, 1.807) is 6.92 Å². The number of hydrogen-bond acceptors (Lipinski definition) is 2. The number of allylic oxidation sites excluding steroid dienone is 1. The number of aromatic nitrogens is 2. The highest BCUT2D eigenvalue weighted by molar-refractivity contribution is 6.18. The lowest BCUT2D eigenvalue weighted by Gasteiger charge is -2.07. The van der Waals surface area contributed by atoms with Crippen LogP contribution in [0.2, 0.25) is 0 Å². The molecule has 0 amide bonds. The topological polar surface area (TPSA) is 34.9 Å². The van der Waals surface area contributed by atoms with E-state index in [9.17, 15) is 4.79 Å². The van der Waals surface area contributed by atoms with Gasteiger partial charge in [0.25, 0.3) is 0 Å². The Balaban J connectivity index is 2.51. The van der Waals surface area contributed by atoms with Crippen LogP contribution >= 0.6 is 0 Å². The van der Waals surface area contributed by atoms with E-state index in [0.717, 1.165) is 17.1 Å². The van der Waals surface area contributed by atoms with Crippen molar-refractivity contribution < 1.29 is 4.79 Å². The third-order valence-corrected chi connectivity index (χ3v) is 2.73. The van der Waals surface area contributed by atoms with Crippen molar-refractivity contribution in [2.24, 2.45) is 0 Å². The molecule has 0 saturated carbocycles. The molecule has 92 valence electrons. The summed E-state index contributed by atoms with van der Waals surface area (Å²) in [5.41, 5.74) is 2.56. The number of imidazole rings is 1. The molecule has 1 aromatic carbocycles. The Hall–Kier alpha value is -2.16. The zero-order valence-electron chi connectivity index (χ0n) is 10.8. The fourth-order valence-corrected chi connectivity index (χ4v) is 1.91. The van der Waals surface area contributed by atoms with E-state index in [-0.39, 0.29) is 5.78 Å². The Morgan fingerprint density at radius 2 is 1.89 bits per heavy atom. The Labute approximate surface area is 107 Å². The van der Waals surface area contributed by atoms with Gasteiger partial charge in [0.15, 0.2) is 5.78 Å². The van der Waals surface area contributed by atoms with Gasteiger partial charge in [-0.25, -0.2) is 4.98 Å². The molecular weight excluding hydrogens is 224 g/mol. The third kappa shape index (κ3) is 2.56. The van der Waals surface area contributed by atoms with Gasteiger partial charge in [0.1, 0.15) is 5.82 Å². The molecule has 1 heterocycles. The molecule has 0 N–H and O–H groups in total. The summed E-state index contributed by atoms with van der Waals surface area (Å²) in [7, 11) is 0. The first kappa shape index (κ1) is 12.3. The number of aryl methyl sites for hydroxylation is 2. The summed E-state index contributed by atoms with van der Waals surface area (Å²) in [6.45, 7) is 5.39. The number of carbonyl (C=O) groups is 1. The normalized spacial score (nSPS) is 11.6. The maximum absolute atomic E-state index is 11.8. The van der Waals surface area contributed by atoms with E-state index in [1.807, 2.05) is 61.0 Å². The van der Waals surface area contributed by atoms with Gasteiger partial charge in [-0.3, -0.25) is 4.79 Å². The summed E-state index contributed by atoms with van der Waals surface area (Å²) in [4.78, 5) is 16.1. The Morgan fingerprint density at radius 3 is 2.39 bits per heavy atom. The van der Waals surface area contributed by atoms with E-state index < -0.39 is 0 Å². The van der Waals surface area contributed by atoms with Crippen molar-refractivity contribution in [1.82, 2.24) is 9.55 Å². The van der Waals surface area contributed by atoms with Crippen molar-refractivity contribution in [3.63, 3.8) is 0 Å². The zero-order chi connectivity index (χ0) is 13.1. The van der Waals surface area contributed by atoms with Crippen LogP contribution in [-0.2, 0) is 4.79 Å². The van der Waals surface area contributed by atoms with Crippen LogP contribution in [0.5, 0.6) is 0 Å². The maximum Gasteiger partial charge on any atom is 0.176 e. The second-order valence-electron chi connectivity index (χ2n) is 4.30. The molecule has 0 unspecified atom stereocenters. The number of nitrogens with zero attached hydrogens (tertiary/aromatic N) is 2. The van der Waals surface area contributed by atoms with Crippen LogP contribution in [0.4, 0.5) is 0 Å². The summed E-state index contributed by atoms with van der Waals surface area (Å²) in [5.74, 6) is 0.851. The Kier molecular flexibility index (Phi) is 3.42. The summed E-state index contributed by atoms with van der Waals surface area (Å²) >= 11 is 0. The van der Waals surface area contributed by atoms with Gasteiger partial charge < -0.3 is 4.57 Å². The minimum absolute atomic E-state index is 0.0272. The molecule has 0 fully saturated rings. The molecule has 0 aliphatic rings. The van der Waals surface area contributed by atoms with Crippen LogP contribution in [0.1, 0.15) is 24.0 Å². The first-order valence-corrected chi connectivity index (χ1v) is 5.88. The van der Waals surface area contributed by atoms with Crippen molar-refractivity contribution in [1.29, 1.82) is 0 Å². The van der Waals surface area contributed by atoms with Crippen molar-refractivity contribution in [2.75, 3.05) is 0 Å². The van der Waals surface area contributed by atoms with Crippen molar-refractivity contribution in [2.45, 2.75) is 20.8 Å². The van der Waals surface area contributed by atoms with Crippen LogP contribution in [0.3, 0.4) is 0 Å². The molecule has 0 bridgehead atoms. The molecular formula is C15H16N2O. The van der Waals surface area contributed by atoms with Gasteiger partial charge >= 0.3 is 0 Å². The third-order valence-electron chi connectivity index (χ3n) is 2.73. The quantitative estimate of drug-likeness (QED) is 0.773. The summed E-state index contributed by atoms with van der Waals surface area (Å²) in [6, 6.07) is 9.81. The molecule has 0 saturated heterocycles. The highest BCUT2D eigenvalue weighted by Gasteiger charge is 2.10. The van der Waals surface area contributed by atoms with Crippen LogP contribution in [0.15, 0.2) is 36.5 Å².